The smallest absolute Gasteiger partial charge is 0.251 e. The molecule has 3 aliphatic rings. The van der Waals surface area contributed by atoms with Crippen LogP contribution in [0.2, 0.25) is 0 Å². The third-order valence-corrected chi connectivity index (χ3v) is 6.90. The Kier molecular flexibility index (Phi) is 3.91. The molecule has 0 unspecified atom stereocenters. The summed E-state index contributed by atoms with van der Waals surface area (Å²) in [5.74, 6) is -3.76. The maximum Gasteiger partial charge on any atom is 0.251 e. The van der Waals surface area contributed by atoms with Gasteiger partial charge in [0.2, 0.25) is 5.91 Å². The van der Waals surface area contributed by atoms with Gasteiger partial charge in [-0.15, -0.1) is 11.3 Å². The zero-order chi connectivity index (χ0) is 17.7. The number of carbonyl (C=O) groups is 3. The van der Waals surface area contributed by atoms with Gasteiger partial charge >= 0.3 is 0 Å². The Hall–Kier alpha value is -2.15. The number of carboxylic acid groups (broad SMARTS) is 1. The van der Waals surface area contributed by atoms with Crippen LogP contribution in [0.4, 0.5) is 5.00 Å². The molecule has 2 bridgehead atoms. The second kappa shape index (κ2) is 5.98. The molecule has 25 heavy (non-hydrogen) atoms. The van der Waals surface area contributed by atoms with E-state index in [4.69, 9.17) is 5.73 Å². The highest BCUT2D eigenvalue weighted by atomic mass is 32.1. The van der Waals surface area contributed by atoms with Crippen LogP contribution >= 0.6 is 11.3 Å². The first-order valence-corrected chi connectivity index (χ1v) is 9.43. The summed E-state index contributed by atoms with van der Waals surface area (Å²) in [6.45, 7) is 0. The van der Waals surface area contributed by atoms with E-state index >= 15 is 0 Å². The number of carbonyl (C=O) groups excluding carboxylic acids is 3. The Balaban J connectivity index is 1.63. The summed E-state index contributed by atoms with van der Waals surface area (Å²) in [6, 6.07) is 0. The summed E-state index contributed by atoms with van der Waals surface area (Å²) in [4.78, 5) is 37.3. The number of thiophene rings is 1. The minimum Gasteiger partial charge on any atom is -0.550 e. The first-order chi connectivity index (χ1) is 12.0. The van der Waals surface area contributed by atoms with Crippen LogP contribution in [0.1, 0.15) is 40.1 Å². The lowest BCUT2D eigenvalue weighted by atomic mass is 9.82. The predicted molar refractivity (Wildman–Crippen MR) is 90.8 cm³/mol. The van der Waals surface area contributed by atoms with Crippen molar-refractivity contribution in [2.45, 2.75) is 32.1 Å². The minimum absolute atomic E-state index is 0.0838. The molecular weight excluding hydrogens is 340 g/mol. The quantitative estimate of drug-likeness (QED) is 0.776. The van der Waals surface area contributed by atoms with Crippen LogP contribution in [0.25, 0.3) is 0 Å². The number of allylic oxidation sites excluding steroid dienone is 2. The summed E-state index contributed by atoms with van der Waals surface area (Å²) in [5.41, 5.74) is 6.90. The number of hydrogen-bond donors (Lipinski definition) is 2. The van der Waals surface area contributed by atoms with E-state index in [-0.39, 0.29) is 17.7 Å². The van der Waals surface area contributed by atoms with Gasteiger partial charge in [-0.05, 0) is 49.5 Å². The van der Waals surface area contributed by atoms with Gasteiger partial charge in [0.1, 0.15) is 5.00 Å². The number of primary amides is 1. The lowest BCUT2D eigenvalue weighted by Crippen LogP contribution is -2.43. The Morgan fingerprint density at radius 1 is 1.12 bits per heavy atom. The zero-order valence-corrected chi connectivity index (χ0v) is 14.4. The standard InChI is InChI=1S/C18H20N2O4S/c19-15(21)14-10-3-1-2-4-11(10)25-17(14)20-16(22)12-8-5-6-9(7-8)13(12)18(23)24/h5-6,8-9,12-13H,1-4,7H2,(H2,19,21)(H,20,22)(H,23,24)/p-1/t8-,9-,12+,13+/m1/s1. The van der Waals surface area contributed by atoms with E-state index in [0.29, 0.717) is 17.0 Å². The minimum atomic E-state index is -1.18. The summed E-state index contributed by atoms with van der Waals surface area (Å²) in [5, 5.41) is 14.8. The summed E-state index contributed by atoms with van der Waals surface area (Å²) >= 11 is 1.39. The van der Waals surface area contributed by atoms with Crippen molar-refractivity contribution in [3.63, 3.8) is 0 Å². The van der Waals surface area contributed by atoms with E-state index in [0.717, 1.165) is 36.1 Å². The van der Waals surface area contributed by atoms with Gasteiger partial charge in [-0.3, -0.25) is 9.59 Å². The maximum absolute atomic E-state index is 12.8. The number of aryl methyl sites for hydroxylation is 1. The fraction of sp³-hybridized carbons (Fsp3) is 0.500. The average Bonchev–Trinajstić information content (AvgIpc) is 3.25. The van der Waals surface area contributed by atoms with E-state index in [1.54, 1.807) is 0 Å². The fourth-order valence-electron chi connectivity index (χ4n) is 4.61. The van der Waals surface area contributed by atoms with Crippen molar-refractivity contribution >= 4 is 34.1 Å². The molecule has 4 atom stereocenters. The molecule has 4 rings (SSSR count). The molecule has 6 nitrogen and oxygen atoms in total. The number of anilines is 1. The number of hydrogen-bond acceptors (Lipinski definition) is 5. The van der Waals surface area contributed by atoms with Crippen molar-refractivity contribution in [2.75, 3.05) is 5.32 Å². The van der Waals surface area contributed by atoms with E-state index in [2.05, 4.69) is 5.32 Å². The van der Waals surface area contributed by atoms with Crippen LogP contribution in [0.5, 0.6) is 0 Å². The summed E-state index contributed by atoms with van der Waals surface area (Å²) < 4.78 is 0. The van der Waals surface area contributed by atoms with Crippen molar-refractivity contribution in [2.24, 2.45) is 29.4 Å². The number of fused-ring (bicyclic) bond motifs is 3. The predicted octanol–water partition coefficient (Wildman–Crippen LogP) is 0.852. The van der Waals surface area contributed by atoms with Crippen LogP contribution in [-0.2, 0) is 22.4 Å². The van der Waals surface area contributed by atoms with Gasteiger partial charge in [0.15, 0.2) is 0 Å². The van der Waals surface area contributed by atoms with Crippen LogP contribution in [0.3, 0.4) is 0 Å². The SMILES string of the molecule is NC(=O)c1c(NC(=O)[C@@H]2[C@@H](C(=O)[O-])[C@@H]3C=C[C@@H]2C3)sc2c1CCCC2. The molecule has 132 valence electrons. The lowest BCUT2D eigenvalue weighted by molar-refractivity contribution is -0.313. The highest BCUT2D eigenvalue weighted by molar-refractivity contribution is 7.17. The molecule has 7 heteroatoms. The molecule has 3 aliphatic carbocycles. The van der Waals surface area contributed by atoms with Crippen LogP contribution in [0.15, 0.2) is 12.2 Å². The molecular formula is C18H19N2O4S-. The highest BCUT2D eigenvalue weighted by Gasteiger charge is 2.49. The highest BCUT2D eigenvalue weighted by Crippen LogP contribution is 2.48. The molecule has 1 aromatic rings. The van der Waals surface area contributed by atoms with Gasteiger partial charge in [-0.2, -0.15) is 0 Å². The third kappa shape index (κ3) is 2.57. The normalized spacial score (nSPS) is 29.4. The Morgan fingerprint density at radius 2 is 1.80 bits per heavy atom. The third-order valence-electron chi connectivity index (χ3n) is 5.69. The van der Waals surface area contributed by atoms with Crippen molar-refractivity contribution in [3.05, 3.63) is 28.2 Å². The van der Waals surface area contributed by atoms with Gasteiger partial charge in [-0.1, -0.05) is 12.2 Å². The van der Waals surface area contributed by atoms with Gasteiger partial charge in [0, 0.05) is 16.8 Å². The summed E-state index contributed by atoms with van der Waals surface area (Å²) in [6.07, 6.45) is 8.19. The second-order valence-corrected chi connectivity index (χ2v) is 8.19. The van der Waals surface area contributed by atoms with E-state index in [1.807, 2.05) is 12.2 Å². The Morgan fingerprint density at radius 3 is 2.48 bits per heavy atom. The van der Waals surface area contributed by atoms with E-state index < -0.39 is 23.7 Å². The molecule has 0 radical (unpaired) electrons. The number of nitrogens with one attached hydrogen (secondary N) is 1. The first kappa shape index (κ1) is 16.3. The molecule has 2 amide bonds. The van der Waals surface area contributed by atoms with Crippen LogP contribution in [0, 0.1) is 23.7 Å². The molecule has 1 saturated carbocycles. The van der Waals surface area contributed by atoms with Gasteiger partial charge in [-0.25, -0.2) is 0 Å². The number of amides is 2. The molecule has 1 fully saturated rings. The number of nitrogens with two attached hydrogens (primary N) is 1. The number of aliphatic carboxylic acids is 1. The second-order valence-electron chi connectivity index (χ2n) is 7.09. The molecule has 3 N–H and O–H groups in total. The molecule has 0 aliphatic heterocycles. The van der Waals surface area contributed by atoms with Crippen molar-refractivity contribution in [3.8, 4) is 0 Å². The number of carboxylic acids is 1. The largest absolute Gasteiger partial charge is 0.550 e. The molecule has 1 aromatic heterocycles. The van der Waals surface area contributed by atoms with Crippen molar-refractivity contribution in [1.82, 2.24) is 0 Å². The molecule has 0 spiro atoms. The first-order valence-electron chi connectivity index (χ1n) is 8.61. The van der Waals surface area contributed by atoms with E-state index in [1.165, 1.54) is 11.3 Å². The monoisotopic (exact) mass is 359 g/mol. The van der Waals surface area contributed by atoms with Crippen LogP contribution in [-0.4, -0.2) is 17.8 Å². The van der Waals surface area contributed by atoms with Crippen molar-refractivity contribution < 1.29 is 19.5 Å². The fourth-order valence-corrected chi connectivity index (χ4v) is 5.91. The van der Waals surface area contributed by atoms with Crippen LogP contribution < -0.4 is 16.2 Å². The Labute approximate surface area is 149 Å². The topological polar surface area (TPSA) is 112 Å². The molecule has 0 aromatic carbocycles. The van der Waals surface area contributed by atoms with Gasteiger partial charge in [0.05, 0.1) is 11.5 Å². The lowest BCUT2D eigenvalue weighted by Gasteiger charge is -2.27. The van der Waals surface area contributed by atoms with Gasteiger partial charge in [0.25, 0.3) is 5.91 Å². The average molecular weight is 359 g/mol. The molecule has 0 saturated heterocycles. The summed E-state index contributed by atoms with van der Waals surface area (Å²) in [7, 11) is 0. The zero-order valence-electron chi connectivity index (χ0n) is 13.6. The Bertz CT molecular complexity index is 797. The van der Waals surface area contributed by atoms with E-state index in [9.17, 15) is 19.5 Å². The molecule has 1 heterocycles. The van der Waals surface area contributed by atoms with Crippen molar-refractivity contribution in [1.29, 1.82) is 0 Å². The van der Waals surface area contributed by atoms with Gasteiger partial charge < -0.3 is 21.0 Å². The maximum atomic E-state index is 12.8. The number of rotatable bonds is 4.